The van der Waals surface area contributed by atoms with Crippen LogP contribution < -0.4 is 10.5 Å². The third-order valence-electron chi connectivity index (χ3n) is 5.30. The van der Waals surface area contributed by atoms with Crippen molar-refractivity contribution in [2.45, 2.75) is 45.5 Å². The lowest BCUT2D eigenvalue weighted by Gasteiger charge is -2.46. The Morgan fingerprint density at radius 2 is 2.03 bits per heavy atom. The summed E-state index contributed by atoms with van der Waals surface area (Å²) in [7, 11) is 1.83. The summed E-state index contributed by atoms with van der Waals surface area (Å²) < 4.78 is 23.1. The maximum absolute atomic E-state index is 15.4. The van der Waals surface area contributed by atoms with Crippen molar-refractivity contribution in [1.82, 2.24) is 14.5 Å². The molecule has 1 aromatic heterocycles. The topological polar surface area (TPSA) is 111 Å². The molecule has 3 rings (SSSR count). The molecule has 1 aromatic carbocycles. The number of hydrogen-bond acceptors (Lipinski definition) is 4. The number of aryl methyl sites for hydroxylation is 1. The highest BCUT2D eigenvalue weighted by Crippen LogP contribution is 2.36. The van der Waals surface area contributed by atoms with E-state index in [4.69, 9.17) is 10.5 Å². The number of halogens is 1. The quantitative estimate of drug-likeness (QED) is 0.793. The zero-order valence-electron chi connectivity index (χ0n) is 17.5. The van der Waals surface area contributed by atoms with E-state index in [1.54, 1.807) is 56.1 Å². The highest BCUT2D eigenvalue weighted by atomic mass is 19.1. The van der Waals surface area contributed by atoms with Crippen molar-refractivity contribution >= 4 is 12.0 Å². The van der Waals surface area contributed by atoms with Crippen molar-refractivity contribution in [3.8, 4) is 17.0 Å². The monoisotopic (exact) mass is 418 g/mol. The average Bonchev–Trinajstić information content (AvgIpc) is 3.08. The number of likely N-dealkylation sites (tertiary alicyclic amines) is 1. The second kappa shape index (κ2) is 7.97. The summed E-state index contributed by atoms with van der Waals surface area (Å²) in [6.45, 7) is 5.51. The van der Waals surface area contributed by atoms with Crippen LogP contribution in [0.5, 0.6) is 5.75 Å². The number of carbonyl (C=O) groups is 2. The predicted molar refractivity (Wildman–Crippen MR) is 109 cm³/mol. The van der Waals surface area contributed by atoms with E-state index in [9.17, 15) is 14.7 Å². The van der Waals surface area contributed by atoms with Gasteiger partial charge in [-0.15, -0.1) is 0 Å². The first-order valence-electron chi connectivity index (χ1n) is 9.71. The van der Waals surface area contributed by atoms with Crippen molar-refractivity contribution < 1.29 is 23.8 Å². The Bertz CT molecular complexity index is 953. The SMILES string of the molecule is Cn1cnc(-c2ccc(O[C@H]3CCN(C(=O)O)C(C(C)(C)C)[C@@H]3F)c(C(N)=O)c2)c1. The summed E-state index contributed by atoms with van der Waals surface area (Å²) in [5.74, 6) is -0.528. The van der Waals surface area contributed by atoms with Crippen molar-refractivity contribution in [1.29, 1.82) is 0 Å². The molecule has 0 aliphatic carbocycles. The molecule has 2 heterocycles. The molecule has 1 fully saturated rings. The van der Waals surface area contributed by atoms with Crippen LogP contribution in [0.25, 0.3) is 11.3 Å². The summed E-state index contributed by atoms with van der Waals surface area (Å²) >= 11 is 0. The van der Waals surface area contributed by atoms with Crippen molar-refractivity contribution in [2.24, 2.45) is 18.2 Å². The first kappa shape index (κ1) is 21.6. The highest BCUT2D eigenvalue weighted by molar-refractivity contribution is 5.97. The molecule has 0 radical (unpaired) electrons. The zero-order chi connectivity index (χ0) is 22.2. The van der Waals surface area contributed by atoms with Gasteiger partial charge >= 0.3 is 6.09 Å². The molecule has 2 aromatic rings. The van der Waals surface area contributed by atoms with Crippen LogP contribution in [-0.4, -0.2) is 56.4 Å². The number of imidazole rings is 1. The van der Waals surface area contributed by atoms with Gasteiger partial charge in [0, 0.05) is 31.8 Å². The Balaban J connectivity index is 1.90. The Morgan fingerprint density at radius 1 is 1.33 bits per heavy atom. The normalized spacial score (nSPS) is 22.0. The largest absolute Gasteiger partial charge is 0.486 e. The van der Waals surface area contributed by atoms with E-state index in [-0.39, 0.29) is 24.3 Å². The second-order valence-electron chi connectivity index (χ2n) is 8.68. The van der Waals surface area contributed by atoms with Gasteiger partial charge in [-0.05, 0) is 23.6 Å². The van der Waals surface area contributed by atoms with Crippen LogP contribution in [0, 0.1) is 5.41 Å². The van der Waals surface area contributed by atoms with Crippen LogP contribution in [-0.2, 0) is 7.05 Å². The number of hydrogen-bond donors (Lipinski definition) is 2. The molecule has 1 aliphatic rings. The maximum Gasteiger partial charge on any atom is 0.407 e. The number of piperidine rings is 1. The molecule has 1 aliphatic heterocycles. The van der Waals surface area contributed by atoms with E-state index in [1.165, 1.54) is 0 Å². The Hall–Kier alpha value is -3.10. The van der Waals surface area contributed by atoms with Gasteiger partial charge in [0.25, 0.3) is 5.91 Å². The van der Waals surface area contributed by atoms with Crippen LogP contribution in [0.15, 0.2) is 30.7 Å². The lowest BCUT2D eigenvalue weighted by atomic mass is 9.78. The number of aromatic nitrogens is 2. The van der Waals surface area contributed by atoms with Crippen molar-refractivity contribution in [3.05, 3.63) is 36.3 Å². The molecule has 30 heavy (non-hydrogen) atoms. The van der Waals surface area contributed by atoms with Gasteiger partial charge in [0.1, 0.15) is 11.9 Å². The summed E-state index contributed by atoms with van der Waals surface area (Å²) in [6.07, 6.45) is -0.0166. The second-order valence-corrected chi connectivity index (χ2v) is 8.68. The number of carbonyl (C=O) groups excluding carboxylic acids is 1. The molecule has 1 unspecified atom stereocenters. The molecule has 0 bridgehead atoms. The fourth-order valence-electron chi connectivity index (χ4n) is 3.93. The van der Waals surface area contributed by atoms with E-state index >= 15 is 4.39 Å². The van der Waals surface area contributed by atoms with Crippen LogP contribution >= 0.6 is 0 Å². The fraction of sp³-hybridized carbons (Fsp3) is 0.476. The molecular formula is C21H27FN4O4. The lowest BCUT2D eigenvalue weighted by molar-refractivity contribution is -0.0514. The first-order valence-corrected chi connectivity index (χ1v) is 9.71. The summed E-state index contributed by atoms with van der Waals surface area (Å²) in [4.78, 5) is 29.0. The lowest BCUT2D eigenvalue weighted by Crippen LogP contribution is -2.60. The van der Waals surface area contributed by atoms with Crippen molar-refractivity contribution in [3.63, 3.8) is 0 Å². The molecule has 3 atom stereocenters. The zero-order valence-corrected chi connectivity index (χ0v) is 17.5. The van der Waals surface area contributed by atoms with Gasteiger partial charge in [0.2, 0.25) is 0 Å². The minimum Gasteiger partial charge on any atom is -0.486 e. The van der Waals surface area contributed by atoms with Crippen molar-refractivity contribution in [2.75, 3.05) is 6.54 Å². The predicted octanol–water partition coefficient (Wildman–Crippen LogP) is 3.07. The molecular weight excluding hydrogens is 391 g/mol. The Morgan fingerprint density at radius 3 is 2.57 bits per heavy atom. The Labute approximate surface area is 174 Å². The van der Waals surface area contributed by atoms with Gasteiger partial charge < -0.3 is 25.0 Å². The number of amides is 2. The van der Waals surface area contributed by atoms with E-state index in [2.05, 4.69) is 4.98 Å². The maximum atomic E-state index is 15.4. The molecule has 8 nitrogen and oxygen atoms in total. The molecule has 162 valence electrons. The number of primary amides is 1. The number of rotatable bonds is 4. The number of ether oxygens (including phenoxy) is 1. The number of nitrogens with two attached hydrogens (primary N) is 1. The number of alkyl halides is 1. The van der Waals surface area contributed by atoms with Gasteiger partial charge in [-0.1, -0.05) is 20.8 Å². The third kappa shape index (κ3) is 4.24. The van der Waals surface area contributed by atoms with Crippen LogP contribution in [0.1, 0.15) is 37.6 Å². The summed E-state index contributed by atoms with van der Waals surface area (Å²) in [6, 6.07) is 4.00. The molecule has 1 saturated heterocycles. The van der Waals surface area contributed by atoms with E-state index in [0.717, 1.165) is 4.90 Å². The first-order chi connectivity index (χ1) is 14.0. The average molecular weight is 418 g/mol. The van der Waals surface area contributed by atoms with E-state index < -0.39 is 35.7 Å². The van der Waals surface area contributed by atoms with Gasteiger partial charge in [-0.25, -0.2) is 14.2 Å². The smallest absolute Gasteiger partial charge is 0.407 e. The fourth-order valence-corrected chi connectivity index (χ4v) is 3.93. The minimum absolute atomic E-state index is 0.123. The number of benzene rings is 1. The molecule has 0 saturated carbocycles. The minimum atomic E-state index is -1.56. The van der Waals surface area contributed by atoms with Crippen LogP contribution in [0.4, 0.5) is 9.18 Å². The number of carboxylic acid groups (broad SMARTS) is 1. The van der Waals surface area contributed by atoms with E-state index in [1.807, 2.05) is 7.05 Å². The van der Waals surface area contributed by atoms with Crippen LogP contribution in [0.2, 0.25) is 0 Å². The molecule has 3 N–H and O–H groups in total. The van der Waals surface area contributed by atoms with Crippen LogP contribution in [0.3, 0.4) is 0 Å². The summed E-state index contributed by atoms with van der Waals surface area (Å²) in [5, 5.41) is 9.47. The van der Waals surface area contributed by atoms with Gasteiger partial charge in [0.05, 0.1) is 23.6 Å². The third-order valence-corrected chi connectivity index (χ3v) is 5.30. The van der Waals surface area contributed by atoms with E-state index in [0.29, 0.717) is 11.3 Å². The molecule has 9 heteroatoms. The standard InChI is InChI=1S/C21H27FN4O4/c1-21(2,3)18-17(22)16(7-8-26(18)20(28)29)30-15-6-5-12(9-13(15)19(23)27)14-10-25(4)11-24-14/h5-6,9-11,16-18H,7-8H2,1-4H3,(H2,23,27)(H,28,29)/t16-,17+,18?/m0/s1. The van der Waals surface area contributed by atoms with Gasteiger partial charge in [0.15, 0.2) is 6.17 Å². The molecule has 2 amide bonds. The Kier molecular flexibility index (Phi) is 5.74. The molecule has 0 spiro atoms. The summed E-state index contributed by atoms with van der Waals surface area (Å²) in [5.41, 5.74) is 6.38. The van der Waals surface area contributed by atoms with Gasteiger partial charge in [-0.3, -0.25) is 4.79 Å². The van der Waals surface area contributed by atoms with Gasteiger partial charge in [-0.2, -0.15) is 0 Å². The number of nitrogens with zero attached hydrogens (tertiary/aromatic N) is 3. The highest BCUT2D eigenvalue weighted by Gasteiger charge is 2.47.